The minimum absolute atomic E-state index is 0. The molecule has 3 rings (SSSR count). The van der Waals surface area contributed by atoms with Gasteiger partial charge in [0.05, 0.1) is 4.92 Å². The van der Waals surface area contributed by atoms with Gasteiger partial charge in [0.1, 0.15) is 0 Å². The zero-order valence-corrected chi connectivity index (χ0v) is 19.6. The molecule has 0 spiro atoms. The molecule has 0 bridgehead atoms. The van der Waals surface area contributed by atoms with Gasteiger partial charge in [0, 0.05) is 23.3 Å². The summed E-state index contributed by atoms with van der Waals surface area (Å²) in [6.07, 6.45) is 0. The van der Waals surface area contributed by atoms with E-state index < -0.39 is 4.92 Å². The van der Waals surface area contributed by atoms with Crippen LogP contribution in [0.25, 0.3) is 10.9 Å². The van der Waals surface area contributed by atoms with Crippen molar-refractivity contribution in [1.29, 1.82) is 0 Å². The van der Waals surface area contributed by atoms with E-state index >= 15 is 0 Å². The maximum absolute atomic E-state index is 10.0. The summed E-state index contributed by atoms with van der Waals surface area (Å²) in [4.78, 5) is 12.8. The Morgan fingerprint density at radius 2 is 1.46 bits per heavy atom. The van der Waals surface area contributed by atoms with Crippen LogP contribution in [0.15, 0.2) is 72.8 Å². The van der Waals surface area contributed by atoms with Gasteiger partial charge >= 0.3 is 23.1 Å². The van der Waals surface area contributed by atoms with Crippen LogP contribution in [0.5, 0.6) is 0 Å². The number of aromatic nitrogens is 1. The summed E-state index contributed by atoms with van der Waals surface area (Å²) >= 11 is 0. The number of non-ortho nitro benzene ring substituents is 1. The van der Waals surface area contributed by atoms with Gasteiger partial charge < -0.3 is 6.41 Å². The van der Waals surface area contributed by atoms with Crippen LogP contribution in [-0.4, -0.2) is 33.0 Å². The van der Waals surface area contributed by atoms with Gasteiger partial charge in [-0.1, -0.05) is 71.0 Å². The van der Waals surface area contributed by atoms with Gasteiger partial charge in [0.2, 0.25) is 0 Å². The number of H-pyrrole nitrogens is 1. The third kappa shape index (κ3) is 14.9. The van der Waals surface area contributed by atoms with Crippen molar-refractivity contribution >= 4 is 39.6 Å². The monoisotopic (exact) mass is 394 g/mol. The predicted octanol–water partition coefficient (Wildman–Crippen LogP) is 7.25. The number of nitrogens with one attached hydrogen (secondary N) is 1. The van der Waals surface area contributed by atoms with Crippen molar-refractivity contribution in [3.05, 3.63) is 95.5 Å². The van der Waals surface area contributed by atoms with Crippen LogP contribution in [0, 0.1) is 24.0 Å². The SMILES string of the molecule is C=C([CH2-])C.CC.CC.Cc1cc2ccccc2[nH]1.O=[N+]([O-])c1ccccc1.[H-].[Mg+2]. The predicted molar refractivity (Wildman–Crippen MR) is 126 cm³/mol. The molecular formula is C23H34MgN2O2. The fourth-order valence-corrected chi connectivity index (χ4v) is 1.77. The minimum Gasteiger partial charge on any atom is -1.00 e. The average molecular weight is 395 g/mol. The van der Waals surface area contributed by atoms with Crippen molar-refractivity contribution in [2.75, 3.05) is 0 Å². The fraction of sp³-hybridized carbons (Fsp3) is 0.261. The standard InChI is InChI=1S/C9H9N.C6H5NO2.C4H7.2C2H6.Mg.H/c1-7-6-8-4-2-3-5-9(8)10-7;8-7(9)6-4-2-1-3-5-6;1-4(2)3;2*1-2;;/h2-6,10H,1H3;1-5H;1-2H2,3H3;2*1-2H3;;/q;;-1;;;+2;-1. The summed E-state index contributed by atoms with van der Waals surface area (Å²) in [5, 5.41) is 11.3. The molecule has 0 aliphatic rings. The van der Waals surface area contributed by atoms with E-state index in [9.17, 15) is 10.1 Å². The van der Waals surface area contributed by atoms with E-state index in [4.69, 9.17) is 0 Å². The number of hydrogen-bond acceptors (Lipinski definition) is 2. The van der Waals surface area contributed by atoms with Crippen molar-refractivity contribution in [2.24, 2.45) is 0 Å². The zero-order chi connectivity index (χ0) is 21.2. The molecule has 0 fully saturated rings. The van der Waals surface area contributed by atoms with Crippen LogP contribution in [0.4, 0.5) is 5.69 Å². The first-order valence-corrected chi connectivity index (χ1v) is 9.11. The second-order valence-corrected chi connectivity index (χ2v) is 5.09. The largest absolute Gasteiger partial charge is 2.00 e. The smallest absolute Gasteiger partial charge is 1.00 e. The van der Waals surface area contributed by atoms with Gasteiger partial charge in [-0.25, -0.2) is 19.1 Å². The first kappa shape index (κ1) is 30.5. The topological polar surface area (TPSA) is 58.9 Å². The second kappa shape index (κ2) is 19.5. The number of nitrogens with zero attached hydrogens (tertiary/aromatic N) is 1. The van der Waals surface area contributed by atoms with Gasteiger partial charge in [-0.15, -0.1) is 0 Å². The molecule has 4 nitrogen and oxygen atoms in total. The molecule has 3 aromatic rings. The summed E-state index contributed by atoms with van der Waals surface area (Å²) in [6.45, 7) is 18.8. The number of hydrogen-bond donors (Lipinski definition) is 1. The van der Waals surface area contributed by atoms with Crippen LogP contribution in [0.3, 0.4) is 0 Å². The van der Waals surface area contributed by atoms with Crippen molar-refractivity contribution in [3.63, 3.8) is 0 Å². The summed E-state index contributed by atoms with van der Waals surface area (Å²) in [5.41, 5.74) is 3.50. The van der Waals surface area contributed by atoms with Crippen LogP contribution in [0.1, 0.15) is 41.7 Å². The Kier molecular flexibility index (Phi) is 21.2. The first-order valence-electron chi connectivity index (χ1n) is 9.11. The van der Waals surface area contributed by atoms with Gasteiger partial charge in [0.15, 0.2) is 0 Å². The molecule has 1 N–H and O–H groups in total. The quantitative estimate of drug-likeness (QED) is 0.204. The van der Waals surface area contributed by atoms with Gasteiger partial charge in [-0.3, -0.25) is 10.1 Å². The average Bonchev–Trinajstić information content (AvgIpc) is 3.06. The summed E-state index contributed by atoms with van der Waals surface area (Å²) in [5.74, 6) is 0. The third-order valence-corrected chi connectivity index (χ3v) is 2.63. The molecule has 0 saturated carbocycles. The van der Waals surface area contributed by atoms with Crippen LogP contribution in [0.2, 0.25) is 0 Å². The van der Waals surface area contributed by atoms with E-state index in [0.717, 1.165) is 5.57 Å². The Labute approximate surface area is 187 Å². The molecule has 0 aliphatic heterocycles. The van der Waals surface area contributed by atoms with E-state index in [0.29, 0.717) is 0 Å². The van der Waals surface area contributed by atoms with Crippen molar-refractivity contribution in [1.82, 2.24) is 4.98 Å². The molecule has 0 amide bonds. The molecule has 150 valence electrons. The van der Waals surface area contributed by atoms with E-state index in [2.05, 4.69) is 49.7 Å². The van der Waals surface area contributed by atoms with E-state index in [1.165, 1.54) is 28.7 Å². The fourth-order valence-electron chi connectivity index (χ4n) is 1.77. The molecule has 2 aromatic carbocycles. The van der Waals surface area contributed by atoms with Crippen molar-refractivity contribution < 1.29 is 6.35 Å². The number of benzene rings is 2. The van der Waals surface area contributed by atoms with Gasteiger partial charge in [0.25, 0.3) is 5.69 Å². The maximum atomic E-state index is 10.0. The molecule has 0 saturated heterocycles. The van der Waals surface area contributed by atoms with E-state index in [-0.39, 0.29) is 30.2 Å². The normalized spacial score (nSPS) is 7.93. The number of aryl methyl sites for hydroxylation is 1. The molecule has 0 aliphatic carbocycles. The van der Waals surface area contributed by atoms with Crippen LogP contribution >= 0.6 is 0 Å². The molecule has 0 radical (unpaired) electrons. The van der Waals surface area contributed by atoms with E-state index in [1.807, 2.05) is 40.7 Å². The molecule has 0 atom stereocenters. The molecule has 1 heterocycles. The Morgan fingerprint density at radius 1 is 1.04 bits per heavy atom. The second-order valence-electron chi connectivity index (χ2n) is 5.09. The number of aromatic amines is 1. The third-order valence-electron chi connectivity index (χ3n) is 2.63. The maximum Gasteiger partial charge on any atom is 2.00 e. The number of allylic oxidation sites excluding steroid dienone is 1. The van der Waals surface area contributed by atoms with Crippen molar-refractivity contribution in [3.8, 4) is 0 Å². The number of rotatable bonds is 1. The van der Waals surface area contributed by atoms with E-state index in [1.54, 1.807) is 18.2 Å². The molecular weight excluding hydrogens is 361 g/mol. The Hall–Kier alpha value is -2.24. The zero-order valence-electron chi connectivity index (χ0n) is 19.2. The minimum atomic E-state index is -0.417. The Bertz CT molecular complexity index is 738. The summed E-state index contributed by atoms with van der Waals surface area (Å²) in [7, 11) is 0. The number of fused-ring (bicyclic) bond motifs is 1. The molecule has 1 aromatic heterocycles. The Balaban J connectivity index is -0.000000153. The Morgan fingerprint density at radius 3 is 1.86 bits per heavy atom. The van der Waals surface area contributed by atoms with Gasteiger partial charge in [-0.2, -0.15) is 0 Å². The molecule has 5 heteroatoms. The summed E-state index contributed by atoms with van der Waals surface area (Å²) in [6, 6.07) is 18.4. The van der Waals surface area contributed by atoms with Crippen LogP contribution in [-0.2, 0) is 0 Å². The number of para-hydroxylation sites is 2. The van der Waals surface area contributed by atoms with Crippen LogP contribution < -0.4 is 0 Å². The number of nitro groups is 1. The number of nitro benzene ring substituents is 1. The first-order chi connectivity index (χ1) is 12.9. The van der Waals surface area contributed by atoms with Gasteiger partial charge in [-0.05, 0) is 24.4 Å². The summed E-state index contributed by atoms with van der Waals surface area (Å²) < 4.78 is 0. The molecule has 0 unspecified atom stereocenters. The molecule has 28 heavy (non-hydrogen) atoms. The van der Waals surface area contributed by atoms with Crippen molar-refractivity contribution in [2.45, 2.75) is 41.5 Å².